The van der Waals surface area contributed by atoms with Gasteiger partial charge < -0.3 is 9.88 Å². The topological polar surface area (TPSA) is 52.2 Å². The average molecular weight is 236 g/mol. The molecule has 5 nitrogen and oxygen atoms in total. The number of aromatic amines is 1. The van der Waals surface area contributed by atoms with Crippen LogP contribution in [0, 0.1) is 6.92 Å². The minimum absolute atomic E-state index is 0.0712. The number of aryl methyl sites for hydroxylation is 1. The molecular weight excluding hydrogens is 216 g/mol. The normalized spacial score (nSPS) is 21.8. The van der Waals surface area contributed by atoms with E-state index in [1.807, 2.05) is 6.92 Å². The largest absolute Gasteiger partial charge is 0.354 e. The van der Waals surface area contributed by atoms with E-state index in [-0.39, 0.29) is 5.56 Å². The molecule has 1 saturated heterocycles. The molecule has 0 aromatic carbocycles. The third-order valence-electron chi connectivity index (χ3n) is 3.34. The monoisotopic (exact) mass is 236 g/mol. The Morgan fingerprint density at radius 2 is 2.29 bits per heavy atom. The maximum absolute atomic E-state index is 11.4. The molecule has 0 saturated carbocycles. The predicted octanol–water partition coefficient (Wildman–Crippen LogP) is 0.609. The quantitative estimate of drug-likeness (QED) is 0.817. The summed E-state index contributed by atoms with van der Waals surface area (Å²) >= 11 is 0. The van der Waals surface area contributed by atoms with E-state index in [2.05, 4.69) is 33.6 Å². The van der Waals surface area contributed by atoms with Gasteiger partial charge in [-0.15, -0.1) is 0 Å². The van der Waals surface area contributed by atoms with Crippen molar-refractivity contribution in [2.75, 3.05) is 31.1 Å². The van der Waals surface area contributed by atoms with Gasteiger partial charge in [0, 0.05) is 31.7 Å². The fourth-order valence-corrected chi connectivity index (χ4v) is 2.40. The Hall–Kier alpha value is -1.36. The van der Waals surface area contributed by atoms with E-state index in [0.717, 1.165) is 32.0 Å². The van der Waals surface area contributed by atoms with Gasteiger partial charge in [0.1, 0.15) is 11.6 Å². The first-order chi connectivity index (χ1) is 8.10. The van der Waals surface area contributed by atoms with Crippen molar-refractivity contribution < 1.29 is 0 Å². The van der Waals surface area contributed by atoms with Crippen molar-refractivity contribution in [1.29, 1.82) is 0 Å². The summed E-state index contributed by atoms with van der Waals surface area (Å²) in [6, 6.07) is 2.09. The standard InChI is InChI=1S/C12H20N4O/c1-4-15-5-6-16(8-9(15)2)11-7-12(17)14-10(3)13-11/h7,9H,4-6,8H2,1-3H3,(H,13,14,17). The predicted molar refractivity (Wildman–Crippen MR) is 68.5 cm³/mol. The first-order valence-corrected chi connectivity index (χ1v) is 6.17. The molecule has 5 heteroatoms. The minimum atomic E-state index is -0.0712. The first-order valence-electron chi connectivity index (χ1n) is 6.17. The highest BCUT2D eigenvalue weighted by molar-refractivity contribution is 5.38. The van der Waals surface area contributed by atoms with Gasteiger partial charge in [-0.3, -0.25) is 9.69 Å². The number of H-pyrrole nitrogens is 1. The Morgan fingerprint density at radius 3 is 2.88 bits per heavy atom. The number of rotatable bonds is 2. The zero-order valence-electron chi connectivity index (χ0n) is 10.7. The number of nitrogens with zero attached hydrogens (tertiary/aromatic N) is 3. The van der Waals surface area contributed by atoms with Crippen LogP contribution in [0.5, 0.6) is 0 Å². The molecule has 1 N–H and O–H groups in total. The summed E-state index contributed by atoms with van der Waals surface area (Å²) in [5, 5.41) is 0. The number of hydrogen-bond donors (Lipinski definition) is 1. The summed E-state index contributed by atoms with van der Waals surface area (Å²) in [5.41, 5.74) is -0.0712. The van der Waals surface area contributed by atoms with Crippen molar-refractivity contribution in [3.05, 3.63) is 22.2 Å². The molecule has 0 amide bonds. The summed E-state index contributed by atoms with van der Waals surface area (Å²) in [7, 11) is 0. The maximum atomic E-state index is 11.4. The van der Waals surface area contributed by atoms with Crippen LogP contribution in [0.3, 0.4) is 0 Å². The van der Waals surface area contributed by atoms with Crippen LogP contribution in [0.1, 0.15) is 19.7 Å². The van der Waals surface area contributed by atoms with Gasteiger partial charge in [0.2, 0.25) is 0 Å². The number of aromatic nitrogens is 2. The molecular formula is C12H20N4O. The molecule has 0 bridgehead atoms. The van der Waals surface area contributed by atoms with Crippen LogP contribution in [0.2, 0.25) is 0 Å². The fourth-order valence-electron chi connectivity index (χ4n) is 2.40. The van der Waals surface area contributed by atoms with E-state index in [4.69, 9.17) is 0 Å². The molecule has 2 heterocycles. The second-order valence-electron chi connectivity index (χ2n) is 4.61. The molecule has 1 unspecified atom stereocenters. The molecule has 1 fully saturated rings. The molecule has 2 rings (SSSR count). The van der Waals surface area contributed by atoms with Gasteiger partial charge in [0.15, 0.2) is 0 Å². The van der Waals surface area contributed by atoms with Crippen LogP contribution in [-0.2, 0) is 0 Å². The second-order valence-corrected chi connectivity index (χ2v) is 4.61. The lowest BCUT2D eigenvalue weighted by molar-refractivity contribution is 0.199. The third kappa shape index (κ3) is 2.66. The number of hydrogen-bond acceptors (Lipinski definition) is 4. The highest BCUT2D eigenvalue weighted by Gasteiger charge is 2.23. The van der Waals surface area contributed by atoms with Gasteiger partial charge in [0.05, 0.1) is 0 Å². The van der Waals surface area contributed by atoms with Crippen molar-refractivity contribution in [3.63, 3.8) is 0 Å². The Balaban J connectivity index is 2.16. The zero-order chi connectivity index (χ0) is 12.4. The summed E-state index contributed by atoms with van der Waals surface area (Å²) < 4.78 is 0. The molecule has 1 atom stereocenters. The summed E-state index contributed by atoms with van der Waals surface area (Å²) in [6.45, 7) is 10.2. The zero-order valence-corrected chi connectivity index (χ0v) is 10.7. The Kier molecular flexibility index (Phi) is 3.47. The van der Waals surface area contributed by atoms with Gasteiger partial charge in [-0.2, -0.15) is 0 Å². The number of nitrogens with one attached hydrogen (secondary N) is 1. The lowest BCUT2D eigenvalue weighted by atomic mass is 10.2. The maximum Gasteiger partial charge on any atom is 0.252 e. The molecule has 1 aliphatic heterocycles. The SMILES string of the molecule is CCN1CCN(c2cc(=O)[nH]c(C)n2)CC1C. The summed E-state index contributed by atoms with van der Waals surface area (Å²) in [5.74, 6) is 1.48. The number of anilines is 1. The van der Waals surface area contributed by atoms with Crippen LogP contribution in [0.4, 0.5) is 5.82 Å². The van der Waals surface area contributed by atoms with Crippen molar-refractivity contribution in [3.8, 4) is 0 Å². The third-order valence-corrected chi connectivity index (χ3v) is 3.34. The lowest BCUT2D eigenvalue weighted by Gasteiger charge is -2.39. The van der Waals surface area contributed by atoms with Crippen LogP contribution < -0.4 is 10.5 Å². The van der Waals surface area contributed by atoms with Gasteiger partial charge in [0.25, 0.3) is 5.56 Å². The van der Waals surface area contributed by atoms with Gasteiger partial charge in [-0.25, -0.2) is 4.98 Å². The van der Waals surface area contributed by atoms with E-state index < -0.39 is 0 Å². The van der Waals surface area contributed by atoms with Crippen molar-refractivity contribution >= 4 is 5.82 Å². The van der Waals surface area contributed by atoms with E-state index in [1.165, 1.54) is 0 Å². The molecule has 1 aliphatic rings. The summed E-state index contributed by atoms with van der Waals surface area (Å²) in [6.07, 6.45) is 0. The van der Waals surface area contributed by atoms with Crippen LogP contribution in [0.15, 0.2) is 10.9 Å². The van der Waals surface area contributed by atoms with Crippen molar-refractivity contribution in [2.24, 2.45) is 0 Å². The fraction of sp³-hybridized carbons (Fsp3) is 0.667. The molecule has 1 aromatic heterocycles. The minimum Gasteiger partial charge on any atom is -0.354 e. The van der Waals surface area contributed by atoms with Gasteiger partial charge in [-0.05, 0) is 20.4 Å². The Morgan fingerprint density at radius 1 is 1.53 bits per heavy atom. The van der Waals surface area contributed by atoms with E-state index in [0.29, 0.717) is 11.9 Å². The number of piperazine rings is 1. The molecule has 94 valence electrons. The number of likely N-dealkylation sites (N-methyl/N-ethyl adjacent to an activating group) is 1. The molecule has 1 aromatic rings. The summed E-state index contributed by atoms with van der Waals surface area (Å²) in [4.78, 5) is 23.1. The smallest absolute Gasteiger partial charge is 0.252 e. The molecule has 0 radical (unpaired) electrons. The second kappa shape index (κ2) is 4.87. The Labute approximate surface area is 101 Å². The van der Waals surface area contributed by atoms with Gasteiger partial charge >= 0.3 is 0 Å². The molecule has 17 heavy (non-hydrogen) atoms. The average Bonchev–Trinajstić information content (AvgIpc) is 2.27. The molecule has 0 spiro atoms. The van der Waals surface area contributed by atoms with Gasteiger partial charge in [-0.1, -0.05) is 6.92 Å². The highest BCUT2D eigenvalue weighted by Crippen LogP contribution is 2.15. The first kappa shape index (κ1) is 12.1. The Bertz CT molecular complexity index is 442. The highest BCUT2D eigenvalue weighted by atomic mass is 16.1. The van der Waals surface area contributed by atoms with E-state index >= 15 is 0 Å². The van der Waals surface area contributed by atoms with Crippen molar-refractivity contribution in [1.82, 2.24) is 14.9 Å². The van der Waals surface area contributed by atoms with E-state index in [1.54, 1.807) is 6.07 Å². The van der Waals surface area contributed by atoms with Crippen LogP contribution in [0.25, 0.3) is 0 Å². The van der Waals surface area contributed by atoms with E-state index in [9.17, 15) is 4.79 Å². The molecule has 0 aliphatic carbocycles. The van der Waals surface area contributed by atoms with Crippen LogP contribution in [-0.4, -0.2) is 47.1 Å². The van der Waals surface area contributed by atoms with Crippen LogP contribution >= 0.6 is 0 Å². The van der Waals surface area contributed by atoms with Crippen molar-refractivity contribution in [2.45, 2.75) is 26.8 Å². The lowest BCUT2D eigenvalue weighted by Crippen LogP contribution is -2.52.